The maximum absolute atomic E-state index is 12.8. The van der Waals surface area contributed by atoms with E-state index in [1.165, 1.54) is 30.2 Å². The minimum atomic E-state index is -0.716. The molecule has 0 unspecified atom stereocenters. The largest absolute Gasteiger partial charge is 0.500 e. The maximum atomic E-state index is 12.8. The number of benzene rings is 2. The number of anilines is 1. The molecule has 7 nitrogen and oxygen atoms in total. The number of carbonyl (C=O) groups is 1. The van der Waals surface area contributed by atoms with Crippen LogP contribution in [0.2, 0.25) is 0 Å². The Morgan fingerprint density at radius 1 is 1.30 bits per heavy atom. The number of thiocarbonyl (C=S) groups is 1. The van der Waals surface area contributed by atoms with Gasteiger partial charge in [-0.25, -0.2) is 0 Å². The lowest BCUT2D eigenvalue weighted by Crippen LogP contribution is -2.27. The number of hydrogen-bond acceptors (Lipinski definition) is 7. The molecule has 9 heteroatoms. The highest BCUT2D eigenvalue weighted by atomic mass is 32.2. The summed E-state index contributed by atoms with van der Waals surface area (Å²) in [6.07, 6.45) is 1.49. The Balaban J connectivity index is 2.00. The summed E-state index contributed by atoms with van der Waals surface area (Å²) in [6, 6.07) is 9.96. The second-order valence-corrected chi connectivity index (χ2v) is 7.38. The predicted octanol–water partition coefficient (Wildman–Crippen LogP) is 4.02. The first-order valence-electron chi connectivity index (χ1n) is 7.72. The first-order chi connectivity index (χ1) is 12.8. The smallest absolute Gasteiger partial charge is 0.315 e. The summed E-state index contributed by atoms with van der Waals surface area (Å²) in [6.45, 7) is 1.94. The third-order valence-electron chi connectivity index (χ3n) is 3.88. The van der Waals surface area contributed by atoms with E-state index in [2.05, 4.69) is 0 Å². The molecule has 138 valence electrons. The fourth-order valence-corrected chi connectivity index (χ4v) is 3.83. The minimum Gasteiger partial charge on any atom is -0.500 e. The minimum absolute atomic E-state index is 0.0514. The van der Waals surface area contributed by atoms with Gasteiger partial charge in [0.05, 0.1) is 22.6 Å². The number of nitro groups is 1. The summed E-state index contributed by atoms with van der Waals surface area (Å²) in [7, 11) is 1.29. The van der Waals surface area contributed by atoms with Crippen LogP contribution in [0, 0.1) is 17.0 Å². The number of rotatable bonds is 4. The van der Waals surface area contributed by atoms with Gasteiger partial charge in [0.15, 0.2) is 10.1 Å². The molecule has 1 aliphatic rings. The molecule has 1 saturated heterocycles. The van der Waals surface area contributed by atoms with Crippen molar-refractivity contribution in [3.8, 4) is 11.5 Å². The van der Waals surface area contributed by atoms with Crippen LogP contribution in [0.5, 0.6) is 11.5 Å². The first-order valence-corrected chi connectivity index (χ1v) is 8.94. The lowest BCUT2D eigenvalue weighted by Gasteiger charge is -2.14. The molecule has 1 N–H and O–H groups in total. The van der Waals surface area contributed by atoms with Crippen LogP contribution in [0.3, 0.4) is 0 Å². The Bertz CT molecular complexity index is 986. The van der Waals surface area contributed by atoms with Crippen molar-refractivity contribution >= 4 is 51.7 Å². The summed E-state index contributed by atoms with van der Waals surface area (Å²) < 4.78 is 5.35. The van der Waals surface area contributed by atoms with E-state index >= 15 is 0 Å². The average Bonchev–Trinajstić information content (AvgIpc) is 2.90. The molecule has 0 aromatic heterocycles. The molecule has 0 atom stereocenters. The standard InChI is InChI=1S/C18H14N2O5S2/c1-10-3-5-12(6-4-10)19-17(22)15(27-18(19)26)9-11-7-13(20(23)24)16(21)14(8-11)25-2/h3-9,21H,1-2H3/b15-9-. The van der Waals surface area contributed by atoms with Crippen molar-refractivity contribution in [3.05, 3.63) is 62.5 Å². The van der Waals surface area contributed by atoms with E-state index in [4.69, 9.17) is 17.0 Å². The van der Waals surface area contributed by atoms with Crippen molar-refractivity contribution in [1.29, 1.82) is 0 Å². The number of aromatic hydroxyl groups is 1. The fraction of sp³-hybridized carbons (Fsp3) is 0.111. The summed E-state index contributed by atoms with van der Waals surface area (Å²) in [4.78, 5) is 24.9. The number of hydrogen-bond donors (Lipinski definition) is 1. The number of aryl methyl sites for hydroxylation is 1. The topological polar surface area (TPSA) is 92.9 Å². The van der Waals surface area contributed by atoms with Crippen molar-refractivity contribution in [2.45, 2.75) is 6.92 Å². The van der Waals surface area contributed by atoms with E-state index < -0.39 is 16.4 Å². The van der Waals surface area contributed by atoms with Crippen molar-refractivity contribution in [1.82, 2.24) is 0 Å². The number of phenolic OH excluding ortho intramolecular Hbond substituents is 1. The number of methoxy groups -OCH3 is 1. The Hall–Kier alpha value is -2.91. The van der Waals surface area contributed by atoms with Gasteiger partial charge in [-0.2, -0.15) is 0 Å². The normalized spacial score (nSPS) is 15.5. The van der Waals surface area contributed by atoms with Gasteiger partial charge in [0.2, 0.25) is 5.75 Å². The van der Waals surface area contributed by atoms with Gasteiger partial charge in [0, 0.05) is 6.07 Å². The number of amides is 1. The molecule has 1 aliphatic heterocycles. The van der Waals surface area contributed by atoms with Gasteiger partial charge in [-0.05, 0) is 36.8 Å². The molecular weight excluding hydrogens is 388 g/mol. The van der Waals surface area contributed by atoms with Crippen LogP contribution in [0.4, 0.5) is 11.4 Å². The molecule has 0 saturated carbocycles. The third kappa shape index (κ3) is 3.64. The summed E-state index contributed by atoms with van der Waals surface area (Å²) in [5.74, 6) is -0.931. The Labute approximate surface area is 164 Å². The van der Waals surface area contributed by atoms with Gasteiger partial charge < -0.3 is 9.84 Å². The van der Waals surface area contributed by atoms with Gasteiger partial charge in [-0.15, -0.1) is 0 Å². The molecule has 1 fully saturated rings. The molecule has 0 bridgehead atoms. The van der Waals surface area contributed by atoms with E-state index in [1.54, 1.807) is 12.1 Å². The van der Waals surface area contributed by atoms with Crippen LogP contribution < -0.4 is 9.64 Å². The highest BCUT2D eigenvalue weighted by Crippen LogP contribution is 2.40. The zero-order chi connectivity index (χ0) is 19.7. The molecular formula is C18H14N2O5S2. The number of nitro benzene ring substituents is 1. The molecule has 0 spiro atoms. The summed E-state index contributed by atoms with van der Waals surface area (Å²) in [5, 5.41) is 21.0. The first kappa shape index (κ1) is 18.9. The molecule has 0 aliphatic carbocycles. The second-order valence-electron chi connectivity index (χ2n) is 5.70. The fourth-order valence-electron chi connectivity index (χ4n) is 2.53. The van der Waals surface area contributed by atoms with Crippen molar-refractivity contribution < 1.29 is 19.6 Å². The highest BCUT2D eigenvalue weighted by Gasteiger charge is 2.33. The van der Waals surface area contributed by atoms with Crippen LogP contribution in [-0.4, -0.2) is 27.4 Å². The maximum Gasteiger partial charge on any atom is 0.315 e. The zero-order valence-electron chi connectivity index (χ0n) is 14.3. The molecule has 2 aromatic carbocycles. The lowest BCUT2D eigenvalue weighted by molar-refractivity contribution is -0.386. The number of phenols is 1. The van der Waals surface area contributed by atoms with E-state index in [0.29, 0.717) is 20.5 Å². The molecule has 0 radical (unpaired) electrons. The molecule has 1 heterocycles. The molecule has 2 aromatic rings. The highest BCUT2D eigenvalue weighted by molar-refractivity contribution is 8.27. The van der Waals surface area contributed by atoms with Gasteiger partial charge >= 0.3 is 5.69 Å². The zero-order valence-corrected chi connectivity index (χ0v) is 16.0. The van der Waals surface area contributed by atoms with Crippen LogP contribution in [-0.2, 0) is 4.79 Å². The van der Waals surface area contributed by atoms with Crippen molar-refractivity contribution in [2.75, 3.05) is 12.0 Å². The van der Waals surface area contributed by atoms with Crippen LogP contribution in [0.1, 0.15) is 11.1 Å². The number of thioether (sulfide) groups is 1. The van der Waals surface area contributed by atoms with Gasteiger partial charge in [0.1, 0.15) is 0 Å². The number of nitrogens with zero attached hydrogens (tertiary/aromatic N) is 2. The predicted molar refractivity (Wildman–Crippen MR) is 108 cm³/mol. The molecule has 1 amide bonds. The quantitative estimate of drug-likeness (QED) is 0.357. The number of carbonyl (C=O) groups excluding carboxylic acids is 1. The lowest BCUT2D eigenvalue weighted by atomic mass is 10.1. The van der Waals surface area contributed by atoms with Gasteiger partial charge in [-0.3, -0.25) is 19.8 Å². The number of ether oxygens (including phenoxy) is 1. The third-order valence-corrected chi connectivity index (χ3v) is 5.18. The van der Waals surface area contributed by atoms with E-state index in [-0.39, 0.29) is 11.7 Å². The average molecular weight is 402 g/mol. The van der Waals surface area contributed by atoms with Crippen LogP contribution >= 0.6 is 24.0 Å². The second kappa shape index (κ2) is 7.37. The van der Waals surface area contributed by atoms with Crippen molar-refractivity contribution in [2.24, 2.45) is 0 Å². The van der Waals surface area contributed by atoms with Gasteiger partial charge in [-0.1, -0.05) is 41.7 Å². The molecule has 27 heavy (non-hydrogen) atoms. The SMILES string of the molecule is COc1cc(/C=C2\SC(=S)N(c3ccc(C)cc3)C2=O)cc([N+](=O)[O-])c1O. The van der Waals surface area contributed by atoms with E-state index in [1.807, 2.05) is 19.1 Å². The summed E-state index contributed by atoms with van der Waals surface area (Å²) in [5.41, 5.74) is 1.55. The van der Waals surface area contributed by atoms with Gasteiger partial charge in [0.25, 0.3) is 5.91 Å². The van der Waals surface area contributed by atoms with E-state index in [9.17, 15) is 20.0 Å². The van der Waals surface area contributed by atoms with E-state index in [0.717, 1.165) is 17.3 Å². The Kier molecular flexibility index (Phi) is 5.15. The Morgan fingerprint density at radius 2 is 1.96 bits per heavy atom. The van der Waals surface area contributed by atoms with Crippen LogP contribution in [0.15, 0.2) is 41.3 Å². The van der Waals surface area contributed by atoms with Crippen molar-refractivity contribution in [3.63, 3.8) is 0 Å². The van der Waals surface area contributed by atoms with Crippen LogP contribution in [0.25, 0.3) is 6.08 Å². The Morgan fingerprint density at radius 3 is 2.56 bits per heavy atom. The molecule has 3 rings (SSSR count). The summed E-state index contributed by atoms with van der Waals surface area (Å²) >= 11 is 6.42. The monoisotopic (exact) mass is 402 g/mol.